The first-order chi connectivity index (χ1) is 8.12. The molecule has 0 aromatic carbocycles. The summed E-state index contributed by atoms with van der Waals surface area (Å²) >= 11 is 0. The molecule has 0 saturated heterocycles. The SMILES string of the molecule is CC(C)C(C)N(C)c1cc(N)nc(C(C)(C)C)n1. The van der Waals surface area contributed by atoms with Gasteiger partial charge in [-0.05, 0) is 12.8 Å². The Morgan fingerprint density at radius 3 is 2.17 bits per heavy atom. The summed E-state index contributed by atoms with van der Waals surface area (Å²) in [4.78, 5) is 11.1. The summed E-state index contributed by atoms with van der Waals surface area (Å²) in [6.45, 7) is 12.9. The van der Waals surface area contributed by atoms with Crippen LogP contribution in [0.4, 0.5) is 11.6 Å². The van der Waals surface area contributed by atoms with Crippen LogP contribution in [0.5, 0.6) is 0 Å². The molecule has 1 atom stereocenters. The van der Waals surface area contributed by atoms with Gasteiger partial charge in [0.25, 0.3) is 0 Å². The van der Waals surface area contributed by atoms with Crippen LogP contribution in [0.15, 0.2) is 6.07 Å². The zero-order chi connectivity index (χ0) is 14.1. The van der Waals surface area contributed by atoms with E-state index < -0.39 is 0 Å². The van der Waals surface area contributed by atoms with E-state index in [1.165, 1.54) is 0 Å². The highest BCUT2D eigenvalue weighted by molar-refractivity contribution is 5.47. The molecule has 1 aromatic rings. The molecule has 0 amide bonds. The Bertz CT molecular complexity index is 407. The Morgan fingerprint density at radius 1 is 1.17 bits per heavy atom. The van der Waals surface area contributed by atoms with E-state index in [9.17, 15) is 0 Å². The van der Waals surface area contributed by atoms with Crippen LogP contribution in [0, 0.1) is 5.92 Å². The number of nitrogens with two attached hydrogens (primary N) is 1. The minimum Gasteiger partial charge on any atom is -0.384 e. The molecule has 1 rings (SSSR count). The normalized spacial score (nSPS) is 13.8. The average Bonchev–Trinajstić information content (AvgIpc) is 2.24. The Kier molecular flexibility index (Phi) is 4.20. The molecule has 2 N–H and O–H groups in total. The van der Waals surface area contributed by atoms with Crippen LogP contribution in [-0.4, -0.2) is 23.1 Å². The fourth-order valence-electron chi connectivity index (χ4n) is 1.62. The predicted molar refractivity (Wildman–Crippen MR) is 77.8 cm³/mol. The molecule has 0 saturated carbocycles. The van der Waals surface area contributed by atoms with Gasteiger partial charge in [-0.3, -0.25) is 0 Å². The molecule has 102 valence electrons. The lowest BCUT2D eigenvalue weighted by atomic mass is 9.95. The van der Waals surface area contributed by atoms with Crippen LogP contribution in [0.25, 0.3) is 0 Å². The van der Waals surface area contributed by atoms with Crippen molar-refractivity contribution < 1.29 is 0 Å². The lowest BCUT2D eigenvalue weighted by molar-refractivity contribution is 0.497. The Morgan fingerprint density at radius 2 is 1.72 bits per heavy atom. The maximum Gasteiger partial charge on any atom is 0.138 e. The van der Waals surface area contributed by atoms with Gasteiger partial charge in [0.1, 0.15) is 17.5 Å². The first kappa shape index (κ1) is 14.7. The van der Waals surface area contributed by atoms with Gasteiger partial charge < -0.3 is 10.6 Å². The van der Waals surface area contributed by atoms with Crippen molar-refractivity contribution in [2.45, 2.75) is 53.0 Å². The van der Waals surface area contributed by atoms with Gasteiger partial charge in [0.15, 0.2) is 0 Å². The van der Waals surface area contributed by atoms with Crippen LogP contribution < -0.4 is 10.6 Å². The fourth-order valence-corrected chi connectivity index (χ4v) is 1.62. The van der Waals surface area contributed by atoms with E-state index in [1.807, 2.05) is 6.07 Å². The van der Waals surface area contributed by atoms with Gasteiger partial charge in [-0.2, -0.15) is 0 Å². The molecule has 0 aliphatic heterocycles. The lowest BCUT2D eigenvalue weighted by Gasteiger charge is -2.30. The Balaban J connectivity index is 3.14. The largest absolute Gasteiger partial charge is 0.384 e. The van der Waals surface area contributed by atoms with E-state index in [4.69, 9.17) is 5.73 Å². The van der Waals surface area contributed by atoms with Crippen molar-refractivity contribution >= 4 is 11.6 Å². The molecule has 4 nitrogen and oxygen atoms in total. The smallest absolute Gasteiger partial charge is 0.138 e. The van der Waals surface area contributed by atoms with Gasteiger partial charge in [0.05, 0.1) is 0 Å². The van der Waals surface area contributed by atoms with Gasteiger partial charge in [-0.25, -0.2) is 9.97 Å². The number of nitrogens with zero attached hydrogens (tertiary/aromatic N) is 3. The number of hydrogen-bond acceptors (Lipinski definition) is 4. The molecule has 0 bridgehead atoms. The molecule has 0 radical (unpaired) electrons. The number of nitrogen functional groups attached to an aromatic ring is 1. The van der Waals surface area contributed by atoms with Crippen LogP contribution in [0.3, 0.4) is 0 Å². The number of anilines is 2. The molecule has 1 heterocycles. The van der Waals surface area contributed by atoms with E-state index in [-0.39, 0.29) is 5.41 Å². The van der Waals surface area contributed by atoms with E-state index in [1.54, 1.807) is 0 Å². The molecule has 0 aliphatic rings. The quantitative estimate of drug-likeness (QED) is 0.896. The van der Waals surface area contributed by atoms with E-state index >= 15 is 0 Å². The summed E-state index contributed by atoms with van der Waals surface area (Å²) in [5.74, 6) is 2.78. The third-order valence-corrected chi connectivity index (χ3v) is 3.34. The predicted octanol–water partition coefficient (Wildman–Crippen LogP) is 2.84. The molecular weight excluding hydrogens is 224 g/mol. The zero-order valence-electron chi connectivity index (χ0n) is 12.7. The van der Waals surface area contributed by atoms with Gasteiger partial charge in [0.2, 0.25) is 0 Å². The number of aromatic nitrogens is 2. The highest BCUT2D eigenvalue weighted by atomic mass is 15.2. The maximum absolute atomic E-state index is 5.89. The minimum absolute atomic E-state index is 0.0912. The molecule has 1 unspecified atom stereocenters. The van der Waals surface area contributed by atoms with E-state index in [0.717, 1.165) is 11.6 Å². The molecule has 1 aromatic heterocycles. The lowest BCUT2D eigenvalue weighted by Crippen LogP contribution is -2.34. The third kappa shape index (κ3) is 3.34. The standard InChI is InChI=1S/C14H26N4/c1-9(2)10(3)18(7)12-8-11(15)16-13(17-12)14(4,5)6/h8-10H,1-7H3,(H2,15,16,17). The van der Waals surface area contributed by atoms with Crippen molar-refractivity contribution in [3.63, 3.8) is 0 Å². The summed E-state index contributed by atoms with van der Waals surface area (Å²) in [6, 6.07) is 2.25. The molecular formula is C14H26N4. The summed E-state index contributed by atoms with van der Waals surface area (Å²) in [5.41, 5.74) is 5.80. The summed E-state index contributed by atoms with van der Waals surface area (Å²) in [6.07, 6.45) is 0. The van der Waals surface area contributed by atoms with E-state index in [2.05, 4.69) is 63.5 Å². The second kappa shape index (κ2) is 5.12. The second-order valence-corrected chi connectivity index (χ2v) is 6.32. The molecule has 0 fully saturated rings. The highest BCUT2D eigenvalue weighted by Crippen LogP contribution is 2.24. The van der Waals surface area contributed by atoms with Crippen molar-refractivity contribution in [1.82, 2.24) is 9.97 Å². The summed E-state index contributed by atoms with van der Waals surface area (Å²) in [5, 5.41) is 0. The average molecular weight is 250 g/mol. The number of hydrogen-bond donors (Lipinski definition) is 1. The second-order valence-electron chi connectivity index (χ2n) is 6.32. The molecule has 0 spiro atoms. The van der Waals surface area contributed by atoms with Crippen molar-refractivity contribution in [2.24, 2.45) is 5.92 Å². The summed E-state index contributed by atoms with van der Waals surface area (Å²) < 4.78 is 0. The number of rotatable bonds is 3. The van der Waals surface area contributed by atoms with Crippen molar-refractivity contribution in [2.75, 3.05) is 17.7 Å². The maximum atomic E-state index is 5.89. The van der Waals surface area contributed by atoms with Gasteiger partial charge in [-0.1, -0.05) is 34.6 Å². The highest BCUT2D eigenvalue weighted by Gasteiger charge is 2.21. The molecule has 4 heteroatoms. The van der Waals surface area contributed by atoms with Crippen LogP contribution in [-0.2, 0) is 5.41 Å². The summed E-state index contributed by atoms with van der Waals surface area (Å²) in [7, 11) is 2.05. The fraction of sp³-hybridized carbons (Fsp3) is 0.714. The van der Waals surface area contributed by atoms with Gasteiger partial charge in [0, 0.05) is 24.6 Å². The van der Waals surface area contributed by atoms with Crippen LogP contribution in [0.1, 0.15) is 47.4 Å². The first-order valence-electron chi connectivity index (χ1n) is 6.50. The molecule has 18 heavy (non-hydrogen) atoms. The molecule has 0 aliphatic carbocycles. The van der Waals surface area contributed by atoms with Crippen molar-refractivity contribution in [3.05, 3.63) is 11.9 Å². The van der Waals surface area contributed by atoms with Crippen molar-refractivity contribution in [1.29, 1.82) is 0 Å². The van der Waals surface area contributed by atoms with Gasteiger partial charge >= 0.3 is 0 Å². The van der Waals surface area contributed by atoms with Gasteiger partial charge in [-0.15, -0.1) is 0 Å². The minimum atomic E-state index is -0.0912. The van der Waals surface area contributed by atoms with Crippen molar-refractivity contribution in [3.8, 4) is 0 Å². The Hall–Kier alpha value is -1.32. The van der Waals surface area contributed by atoms with E-state index in [0.29, 0.717) is 17.8 Å². The topological polar surface area (TPSA) is 55.0 Å². The van der Waals surface area contributed by atoms with Crippen LogP contribution >= 0.6 is 0 Å². The monoisotopic (exact) mass is 250 g/mol. The Labute approximate surface area is 111 Å². The first-order valence-corrected chi connectivity index (χ1v) is 6.50. The third-order valence-electron chi connectivity index (χ3n) is 3.34. The van der Waals surface area contributed by atoms with Crippen LogP contribution in [0.2, 0.25) is 0 Å². The zero-order valence-corrected chi connectivity index (χ0v) is 12.7.